The smallest absolute Gasteiger partial charge is 0.173 e. The van der Waals surface area contributed by atoms with Crippen molar-refractivity contribution in [3.8, 4) is 0 Å². The third-order valence-corrected chi connectivity index (χ3v) is 4.61. The van der Waals surface area contributed by atoms with Crippen LogP contribution in [0.15, 0.2) is 24.3 Å². The van der Waals surface area contributed by atoms with Crippen molar-refractivity contribution in [2.24, 2.45) is 0 Å². The molecule has 1 saturated heterocycles. The Hall–Kier alpha value is -1.54. The Labute approximate surface area is 146 Å². The summed E-state index contributed by atoms with van der Waals surface area (Å²) in [4.78, 5) is 2.31. The van der Waals surface area contributed by atoms with Crippen LogP contribution in [0.2, 0.25) is 5.02 Å². The van der Waals surface area contributed by atoms with Gasteiger partial charge in [0.2, 0.25) is 0 Å². The number of tetrazole rings is 1. The first-order chi connectivity index (χ1) is 11.7. The summed E-state index contributed by atoms with van der Waals surface area (Å²) in [5, 5.41) is 22.7. The van der Waals surface area contributed by atoms with Crippen molar-refractivity contribution in [2.45, 2.75) is 31.5 Å². The fraction of sp³-hybridized carbons (Fsp3) is 0.562. The van der Waals surface area contributed by atoms with E-state index in [1.807, 2.05) is 24.3 Å². The topological polar surface area (TPSA) is 76.3 Å². The maximum atomic E-state index is 9.81. The van der Waals surface area contributed by atoms with Gasteiger partial charge in [-0.05, 0) is 41.0 Å². The highest BCUT2D eigenvalue weighted by Crippen LogP contribution is 2.30. The Morgan fingerprint density at radius 3 is 2.67 bits per heavy atom. The molecule has 2 aromatic rings. The summed E-state index contributed by atoms with van der Waals surface area (Å²) in [5.74, 6) is 0.783. The standard InChI is InChI=1S/C16H22ClN5O2/c1-24-11-10-22-16(18-19-20-22)15(12-2-4-13(17)5-3-12)21-8-6-14(23)7-9-21/h2-5,14-15,23H,6-11H2,1H3. The maximum Gasteiger partial charge on any atom is 0.173 e. The first-order valence-electron chi connectivity index (χ1n) is 8.11. The van der Waals surface area contributed by atoms with Gasteiger partial charge < -0.3 is 9.84 Å². The van der Waals surface area contributed by atoms with Crippen LogP contribution in [0.3, 0.4) is 0 Å². The highest BCUT2D eigenvalue weighted by Gasteiger charge is 2.30. The molecular weight excluding hydrogens is 330 g/mol. The molecule has 2 heterocycles. The van der Waals surface area contributed by atoms with Crippen LogP contribution in [0.5, 0.6) is 0 Å². The van der Waals surface area contributed by atoms with Gasteiger partial charge in [0.25, 0.3) is 0 Å². The number of hydrogen-bond acceptors (Lipinski definition) is 6. The summed E-state index contributed by atoms with van der Waals surface area (Å²) in [5.41, 5.74) is 1.09. The van der Waals surface area contributed by atoms with Gasteiger partial charge in [0, 0.05) is 25.2 Å². The van der Waals surface area contributed by atoms with Crippen LogP contribution in [-0.2, 0) is 11.3 Å². The van der Waals surface area contributed by atoms with Gasteiger partial charge in [0.1, 0.15) is 0 Å². The Balaban J connectivity index is 1.92. The van der Waals surface area contributed by atoms with E-state index in [2.05, 4.69) is 20.4 Å². The molecule has 1 aliphatic heterocycles. The minimum Gasteiger partial charge on any atom is -0.393 e. The Morgan fingerprint density at radius 2 is 2.00 bits per heavy atom. The number of aromatic nitrogens is 4. The molecule has 1 fully saturated rings. The molecule has 1 N–H and O–H groups in total. The average molecular weight is 352 g/mol. The molecule has 1 aromatic heterocycles. The first kappa shape index (κ1) is 17.3. The van der Waals surface area contributed by atoms with Crippen molar-refractivity contribution in [3.63, 3.8) is 0 Å². The predicted molar refractivity (Wildman–Crippen MR) is 89.8 cm³/mol. The molecule has 0 aliphatic carbocycles. The van der Waals surface area contributed by atoms with Gasteiger partial charge in [-0.25, -0.2) is 4.68 Å². The fourth-order valence-electron chi connectivity index (χ4n) is 3.06. The summed E-state index contributed by atoms with van der Waals surface area (Å²) in [6.45, 7) is 2.74. The van der Waals surface area contributed by atoms with Crippen molar-refractivity contribution >= 4 is 11.6 Å². The van der Waals surface area contributed by atoms with Crippen molar-refractivity contribution in [3.05, 3.63) is 40.7 Å². The Kier molecular flexibility index (Phi) is 5.78. The summed E-state index contributed by atoms with van der Waals surface area (Å²) in [6, 6.07) is 7.71. The van der Waals surface area contributed by atoms with Crippen LogP contribution in [0.1, 0.15) is 30.3 Å². The molecule has 0 saturated carbocycles. The van der Waals surface area contributed by atoms with E-state index in [4.69, 9.17) is 16.3 Å². The largest absolute Gasteiger partial charge is 0.393 e. The Bertz CT molecular complexity index is 640. The second-order valence-electron chi connectivity index (χ2n) is 5.97. The van der Waals surface area contributed by atoms with Crippen LogP contribution in [0, 0.1) is 0 Å². The van der Waals surface area contributed by atoms with Crippen LogP contribution in [0.4, 0.5) is 0 Å². The number of ether oxygens (including phenoxy) is 1. The summed E-state index contributed by atoms with van der Waals surface area (Å²) in [6.07, 6.45) is 1.28. The molecule has 0 amide bonds. The van der Waals surface area contributed by atoms with Crippen molar-refractivity contribution < 1.29 is 9.84 Å². The maximum absolute atomic E-state index is 9.81. The minimum atomic E-state index is -0.225. The van der Waals surface area contributed by atoms with E-state index >= 15 is 0 Å². The molecule has 1 unspecified atom stereocenters. The molecular formula is C16H22ClN5O2. The highest BCUT2D eigenvalue weighted by molar-refractivity contribution is 6.30. The molecule has 0 bridgehead atoms. The van der Waals surface area contributed by atoms with Crippen molar-refractivity contribution in [2.75, 3.05) is 26.8 Å². The zero-order valence-corrected chi connectivity index (χ0v) is 14.4. The second kappa shape index (κ2) is 8.02. The molecule has 1 aliphatic rings. The normalized spacial score (nSPS) is 18.0. The molecule has 130 valence electrons. The number of aliphatic hydroxyl groups excluding tert-OH is 1. The lowest BCUT2D eigenvalue weighted by Crippen LogP contribution is -2.40. The van der Waals surface area contributed by atoms with Crippen molar-refractivity contribution in [1.29, 1.82) is 0 Å². The van der Waals surface area contributed by atoms with Gasteiger partial charge in [0.15, 0.2) is 5.82 Å². The third-order valence-electron chi connectivity index (χ3n) is 4.36. The van der Waals surface area contributed by atoms with Crippen LogP contribution >= 0.6 is 11.6 Å². The average Bonchev–Trinajstić information content (AvgIpc) is 3.05. The molecule has 8 heteroatoms. The van der Waals surface area contributed by atoms with Crippen molar-refractivity contribution in [1.82, 2.24) is 25.1 Å². The van der Waals surface area contributed by atoms with Crippen LogP contribution < -0.4 is 0 Å². The highest BCUT2D eigenvalue weighted by atomic mass is 35.5. The summed E-state index contributed by atoms with van der Waals surface area (Å²) in [7, 11) is 1.66. The Morgan fingerprint density at radius 1 is 1.29 bits per heavy atom. The zero-order valence-electron chi connectivity index (χ0n) is 13.7. The van der Waals surface area contributed by atoms with E-state index in [9.17, 15) is 5.11 Å². The van der Waals surface area contributed by atoms with Crippen LogP contribution in [0.25, 0.3) is 0 Å². The quantitative estimate of drug-likeness (QED) is 0.850. The van der Waals surface area contributed by atoms with Gasteiger partial charge in [0.05, 0.1) is 25.3 Å². The zero-order chi connectivity index (χ0) is 16.9. The van der Waals surface area contributed by atoms with E-state index in [1.54, 1.807) is 11.8 Å². The predicted octanol–water partition coefficient (Wildman–Crippen LogP) is 1.52. The molecule has 7 nitrogen and oxygen atoms in total. The molecule has 3 rings (SSSR count). The lowest BCUT2D eigenvalue weighted by atomic mass is 10.00. The molecule has 24 heavy (non-hydrogen) atoms. The van der Waals surface area contributed by atoms with Crippen LogP contribution in [-0.4, -0.2) is 63.1 Å². The van der Waals surface area contributed by atoms with Gasteiger partial charge in [-0.2, -0.15) is 0 Å². The monoisotopic (exact) mass is 351 g/mol. The third kappa shape index (κ3) is 3.92. The van der Waals surface area contributed by atoms with E-state index in [0.717, 1.165) is 37.3 Å². The number of piperidine rings is 1. The van der Waals surface area contributed by atoms with E-state index in [0.29, 0.717) is 18.2 Å². The molecule has 1 atom stereocenters. The van der Waals surface area contributed by atoms with E-state index < -0.39 is 0 Å². The number of halogens is 1. The van der Waals surface area contributed by atoms with E-state index in [1.165, 1.54) is 0 Å². The number of hydrogen-bond donors (Lipinski definition) is 1. The number of aliphatic hydroxyl groups is 1. The van der Waals surface area contributed by atoms with Gasteiger partial charge in [-0.3, -0.25) is 4.90 Å². The number of rotatable bonds is 6. The van der Waals surface area contributed by atoms with Gasteiger partial charge >= 0.3 is 0 Å². The molecule has 0 spiro atoms. The second-order valence-corrected chi connectivity index (χ2v) is 6.41. The summed E-state index contributed by atoms with van der Waals surface area (Å²) >= 11 is 6.04. The number of benzene rings is 1. The fourth-order valence-corrected chi connectivity index (χ4v) is 3.18. The van der Waals surface area contributed by atoms with E-state index in [-0.39, 0.29) is 12.1 Å². The SMILES string of the molecule is COCCn1nnnc1C(c1ccc(Cl)cc1)N1CCC(O)CC1. The van der Waals surface area contributed by atoms with Gasteiger partial charge in [-0.1, -0.05) is 23.7 Å². The lowest BCUT2D eigenvalue weighted by molar-refractivity contribution is 0.0656. The number of nitrogens with zero attached hydrogens (tertiary/aromatic N) is 5. The minimum absolute atomic E-state index is 0.0679. The summed E-state index contributed by atoms with van der Waals surface area (Å²) < 4.78 is 6.94. The first-order valence-corrected chi connectivity index (χ1v) is 8.49. The number of likely N-dealkylation sites (tertiary alicyclic amines) is 1. The van der Waals surface area contributed by atoms with Gasteiger partial charge in [-0.15, -0.1) is 5.10 Å². The lowest BCUT2D eigenvalue weighted by Gasteiger charge is -2.35. The molecule has 0 radical (unpaired) electrons. The number of methoxy groups -OCH3 is 1. The molecule has 1 aromatic carbocycles.